The fourth-order valence-electron chi connectivity index (χ4n) is 1.27. The van der Waals surface area contributed by atoms with Crippen LogP contribution in [0.1, 0.15) is 26.7 Å². The summed E-state index contributed by atoms with van der Waals surface area (Å²) < 4.78 is 13.3. The topological polar surface area (TPSA) is 55.1 Å². The van der Waals surface area contributed by atoms with Crippen molar-refractivity contribution in [3.63, 3.8) is 0 Å². The quantitative estimate of drug-likeness (QED) is 0.773. The molecule has 1 aromatic carbocycles. The van der Waals surface area contributed by atoms with E-state index in [0.29, 0.717) is 18.0 Å². The maximum Gasteiger partial charge on any atom is 0.224 e. The zero-order valence-electron chi connectivity index (χ0n) is 9.59. The van der Waals surface area contributed by atoms with E-state index >= 15 is 0 Å². The molecule has 0 aromatic heterocycles. The summed E-state index contributed by atoms with van der Waals surface area (Å²) in [6.07, 6.45) is 1.20. The number of amides is 1. The van der Waals surface area contributed by atoms with Crippen LogP contribution in [0, 0.1) is 11.7 Å². The highest BCUT2D eigenvalue weighted by molar-refractivity contribution is 5.90. The van der Waals surface area contributed by atoms with E-state index in [-0.39, 0.29) is 11.6 Å². The van der Waals surface area contributed by atoms with Gasteiger partial charge in [-0.3, -0.25) is 4.79 Å². The Morgan fingerprint density at radius 1 is 1.50 bits per heavy atom. The molecule has 0 bridgehead atoms. The van der Waals surface area contributed by atoms with Crippen LogP contribution < -0.4 is 11.1 Å². The van der Waals surface area contributed by atoms with Crippen molar-refractivity contribution in [2.75, 3.05) is 11.1 Å². The number of halogens is 1. The van der Waals surface area contributed by atoms with Gasteiger partial charge in [0.05, 0.1) is 5.69 Å². The van der Waals surface area contributed by atoms with Gasteiger partial charge in [0, 0.05) is 12.1 Å². The molecule has 3 nitrogen and oxygen atoms in total. The van der Waals surface area contributed by atoms with Gasteiger partial charge in [0.15, 0.2) is 0 Å². The number of nitrogens with two attached hydrogens (primary N) is 1. The standard InChI is InChI=1S/C12H17FN2O/c1-8(2)3-6-12(16)15-11-5-4-9(14)7-10(11)13/h4-5,7-8H,3,6,14H2,1-2H3,(H,15,16). The molecule has 1 aromatic rings. The molecule has 3 N–H and O–H groups in total. The van der Waals surface area contributed by atoms with Crippen molar-refractivity contribution in [1.29, 1.82) is 0 Å². The van der Waals surface area contributed by atoms with E-state index in [2.05, 4.69) is 5.32 Å². The summed E-state index contributed by atoms with van der Waals surface area (Å²) in [5.74, 6) is -0.211. The highest BCUT2D eigenvalue weighted by Gasteiger charge is 2.07. The molecule has 0 radical (unpaired) electrons. The first-order valence-electron chi connectivity index (χ1n) is 5.34. The number of rotatable bonds is 4. The second-order valence-corrected chi connectivity index (χ2v) is 4.22. The average molecular weight is 224 g/mol. The molecule has 0 unspecified atom stereocenters. The normalized spacial score (nSPS) is 10.5. The predicted molar refractivity (Wildman–Crippen MR) is 63.5 cm³/mol. The Morgan fingerprint density at radius 2 is 2.19 bits per heavy atom. The minimum atomic E-state index is -0.502. The lowest BCUT2D eigenvalue weighted by Crippen LogP contribution is -2.13. The number of carbonyl (C=O) groups is 1. The third kappa shape index (κ3) is 3.88. The Balaban J connectivity index is 2.56. The van der Waals surface area contributed by atoms with E-state index in [1.165, 1.54) is 12.1 Å². The van der Waals surface area contributed by atoms with Gasteiger partial charge in [-0.25, -0.2) is 4.39 Å². The van der Waals surface area contributed by atoms with Gasteiger partial charge >= 0.3 is 0 Å². The van der Waals surface area contributed by atoms with Gasteiger partial charge in [-0.2, -0.15) is 0 Å². The summed E-state index contributed by atoms with van der Waals surface area (Å²) in [6, 6.07) is 4.22. The number of hydrogen-bond donors (Lipinski definition) is 2. The van der Waals surface area contributed by atoms with Gasteiger partial charge in [-0.1, -0.05) is 13.8 Å². The second-order valence-electron chi connectivity index (χ2n) is 4.22. The predicted octanol–water partition coefficient (Wildman–Crippen LogP) is 2.78. The number of anilines is 2. The SMILES string of the molecule is CC(C)CCC(=O)Nc1ccc(N)cc1F. The first-order chi connectivity index (χ1) is 7.49. The van der Waals surface area contributed by atoms with Crippen molar-refractivity contribution < 1.29 is 9.18 Å². The minimum absolute atomic E-state index is 0.169. The molecule has 0 aliphatic rings. The van der Waals surface area contributed by atoms with E-state index in [0.717, 1.165) is 6.42 Å². The van der Waals surface area contributed by atoms with Crippen LogP contribution in [-0.4, -0.2) is 5.91 Å². The molecule has 0 aliphatic carbocycles. The van der Waals surface area contributed by atoms with Crippen LogP contribution >= 0.6 is 0 Å². The highest BCUT2D eigenvalue weighted by Crippen LogP contribution is 2.17. The molecule has 0 fully saturated rings. The number of nitrogens with one attached hydrogen (secondary N) is 1. The van der Waals surface area contributed by atoms with Crippen LogP contribution in [0.3, 0.4) is 0 Å². The van der Waals surface area contributed by atoms with Gasteiger partial charge in [-0.15, -0.1) is 0 Å². The number of hydrogen-bond acceptors (Lipinski definition) is 2. The highest BCUT2D eigenvalue weighted by atomic mass is 19.1. The van der Waals surface area contributed by atoms with E-state index in [4.69, 9.17) is 5.73 Å². The van der Waals surface area contributed by atoms with E-state index in [9.17, 15) is 9.18 Å². The monoisotopic (exact) mass is 224 g/mol. The molecule has 0 saturated heterocycles. The molecule has 0 heterocycles. The summed E-state index contributed by atoms with van der Waals surface area (Å²) >= 11 is 0. The Kier molecular flexibility index (Phi) is 4.28. The Hall–Kier alpha value is -1.58. The molecule has 88 valence electrons. The average Bonchev–Trinajstić information content (AvgIpc) is 2.19. The minimum Gasteiger partial charge on any atom is -0.399 e. The van der Waals surface area contributed by atoms with Crippen LogP contribution in [0.2, 0.25) is 0 Å². The molecule has 0 spiro atoms. The number of carbonyl (C=O) groups excluding carboxylic acids is 1. The van der Waals surface area contributed by atoms with E-state index in [1.54, 1.807) is 6.07 Å². The van der Waals surface area contributed by atoms with Crippen molar-refractivity contribution in [2.45, 2.75) is 26.7 Å². The maximum atomic E-state index is 13.3. The molecule has 1 amide bonds. The van der Waals surface area contributed by atoms with Crippen molar-refractivity contribution in [3.8, 4) is 0 Å². The third-order valence-electron chi connectivity index (χ3n) is 2.22. The van der Waals surface area contributed by atoms with Crippen molar-refractivity contribution in [3.05, 3.63) is 24.0 Å². The van der Waals surface area contributed by atoms with Gasteiger partial charge in [0.1, 0.15) is 5.82 Å². The smallest absolute Gasteiger partial charge is 0.224 e. The lowest BCUT2D eigenvalue weighted by atomic mass is 10.1. The van der Waals surface area contributed by atoms with Crippen LogP contribution in [0.5, 0.6) is 0 Å². The molecule has 0 saturated carbocycles. The molecule has 16 heavy (non-hydrogen) atoms. The summed E-state index contributed by atoms with van der Waals surface area (Å²) in [4.78, 5) is 11.4. The summed E-state index contributed by atoms with van der Waals surface area (Å²) in [5.41, 5.74) is 5.93. The lowest BCUT2D eigenvalue weighted by Gasteiger charge is -2.08. The van der Waals surface area contributed by atoms with Gasteiger partial charge in [-0.05, 0) is 30.5 Å². The Morgan fingerprint density at radius 3 is 2.75 bits per heavy atom. The lowest BCUT2D eigenvalue weighted by molar-refractivity contribution is -0.116. The Bertz CT molecular complexity index is 377. The molecular formula is C12H17FN2O. The van der Waals surface area contributed by atoms with Crippen LogP contribution in [-0.2, 0) is 4.79 Å². The van der Waals surface area contributed by atoms with Gasteiger partial charge in [0.2, 0.25) is 5.91 Å². The molecule has 1 rings (SSSR count). The molecular weight excluding hydrogens is 207 g/mol. The number of nitrogen functional groups attached to an aromatic ring is 1. The van der Waals surface area contributed by atoms with E-state index < -0.39 is 5.82 Å². The third-order valence-corrected chi connectivity index (χ3v) is 2.22. The largest absolute Gasteiger partial charge is 0.399 e. The zero-order valence-corrected chi connectivity index (χ0v) is 9.59. The van der Waals surface area contributed by atoms with Crippen molar-refractivity contribution >= 4 is 17.3 Å². The summed E-state index contributed by atoms with van der Waals surface area (Å²) in [7, 11) is 0. The van der Waals surface area contributed by atoms with Crippen LogP contribution in [0.4, 0.5) is 15.8 Å². The van der Waals surface area contributed by atoms with E-state index in [1.807, 2.05) is 13.8 Å². The first-order valence-corrected chi connectivity index (χ1v) is 5.34. The van der Waals surface area contributed by atoms with Crippen molar-refractivity contribution in [2.24, 2.45) is 5.92 Å². The van der Waals surface area contributed by atoms with Gasteiger partial charge in [0.25, 0.3) is 0 Å². The second kappa shape index (κ2) is 5.49. The fraction of sp³-hybridized carbons (Fsp3) is 0.417. The number of benzene rings is 1. The van der Waals surface area contributed by atoms with Crippen LogP contribution in [0.25, 0.3) is 0 Å². The Labute approximate surface area is 94.8 Å². The van der Waals surface area contributed by atoms with Crippen molar-refractivity contribution in [1.82, 2.24) is 0 Å². The maximum absolute atomic E-state index is 13.3. The first kappa shape index (κ1) is 12.5. The molecule has 4 heteroatoms. The summed E-state index contributed by atoms with van der Waals surface area (Å²) in [6.45, 7) is 4.08. The molecule has 0 aliphatic heterocycles. The van der Waals surface area contributed by atoms with Gasteiger partial charge < -0.3 is 11.1 Å². The summed E-state index contributed by atoms with van der Waals surface area (Å²) in [5, 5.41) is 2.52. The molecule has 0 atom stereocenters. The fourth-order valence-corrected chi connectivity index (χ4v) is 1.27. The zero-order chi connectivity index (χ0) is 12.1. The van der Waals surface area contributed by atoms with Crippen LogP contribution in [0.15, 0.2) is 18.2 Å².